The van der Waals surface area contributed by atoms with Crippen molar-refractivity contribution < 1.29 is 24.2 Å². The highest BCUT2D eigenvalue weighted by Crippen LogP contribution is 2.41. The first kappa shape index (κ1) is 29.0. The fourth-order valence-corrected chi connectivity index (χ4v) is 7.67. The first-order valence-corrected chi connectivity index (χ1v) is 16.1. The second-order valence-electron chi connectivity index (χ2n) is 12.7. The average molecular weight is 601 g/mol. The molecule has 7 rings (SSSR count). The van der Waals surface area contributed by atoms with Crippen LogP contribution in [-0.4, -0.2) is 68.7 Å². The van der Waals surface area contributed by atoms with Gasteiger partial charge in [-0.1, -0.05) is 20.3 Å². The Morgan fingerprint density at radius 2 is 1.84 bits per heavy atom. The molecule has 0 saturated carbocycles. The molecule has 2 fully saturated rings. The van der Waals surface area contributed by atoms with E-state index in [2.05, 4.69) is 11.8 Å². The Labute approximate surface area is 256 Å². The van der Waals surface area contributed by atoms with Crippen molar-refractivity contribution in [2.24, 2.45) is 0 Å². The summed E-state index contributed by atoms with van der Waals surface area (Å²) in [7, 11) is 0. The van der Waals surface area contributed by atoms with Crippen molar-refractivity contribution in [1.82, 2.24) is 19.4 Å². The van der Waals surface area contributed by atoms with Crippen LogP contribution >= 0.6 is 0 Å². The van der Waals surface area contributed by atoms with Crippen LogP contribution in [0, 0.1) is 0 Å². The number of esters is 1. The van der Waals surface area contributed by atoms with Gasteiger partial charge in [0.05, 0.1) is 35.4 Å². The Morgan fingerprint density at radius 3 is 2.57 bits per heavy atom. The van der Waals surface area contributed by atoms with E-state index in [1.807, 2.05) is 23.1 Å². The number of carbonyl (C=O) groups excluding carboxylic acids is 2. The lowest BCUT2D eigenvalue weighted by molar-refractivity contribution is -0.149. The summed E-state index contributed by atoms with van der Waals surface area (Å²) in [5.41, 5.74) is 3.05. The maximum atomic E-state index is 13.7. The molecular formula is C34H40N4O6. The van der Waals surface area contributed by atoms with Gasteiger partial charge in [-0.3, -0.25) is 9.59 Å². The van der Waals surface area contributed by atoms with E-state index in [9.17, 15) is 19.5 Å². The molecule has 3 aromatic rings. The number of rotatable bonds is 4. The Bertz CT molecular complexity index is 1700. The third-order valence-corrected chi connectivity index (χ3v) is 10.2. The molecule has 232 valence electrons. The number of benzene rings is 1. The molecular weight excluding hydrogens is 560 g/mol. The minimum atomic E-state index is -1.48. The molecule has 10 heteroatoms. The molecule has 1 amide bonds. The Kier molecular flexibility index (Phi) is 7.45. The Hall–Kier alpha value is -3.76. The smallest absolute Gasteiger partial charge is 0.415 e. The van der Waals surface area contributed by atoms with Crippen LogP contribution in [0.1, 0.15) is 81.0 Å². The molecule has 2 aromatic heterocycles. The second kappa shape index (κ2) is 11.3. The van der Waals surface area contributed by atoms with Crippen LogP contribution in [0.5, 0.6) is 5.75 Å². The van der Waals surface area contributed by atoms with E-state index in [1.165, 1.54) is 32.4 Å². The van der Waals surface area contributed by atoms with Gasteiger partial charge >= 0.3 is 12.1 Å². The average Bonchev–Trinajstić information content (AvgIpc) is 3.35. The van der Waals surface area contributed by atoms with E-state index in [-0.39, 0.29) is 31.1 Å². The molecule has 1 atom stereocenters. The normalized spacial score (nSPS) is 22.2. The van der Waals surface area contributed by atoms with Gasteiger partial charge in [0.2, 0.25) is 0 Å². The number of amides is 1. The van der Waals surface area contributed by atoms with Gasteiger partial charge in [0.15, 0.2) is 0 Å². The van der Waals surface area contributed by atoms with Crippen molar-refractivity contribution in [2.45, 2.75) is 90.0 Å². The lowest BCUT2D eigenvalue weighted by atomic mass is 9.85. The number of aryl methyl sites for hydroxylation is 1. The number of ether oxygens (including phenoxy) is 2. The standard InChI is InChI=1S/C34H40N4O6/c1-3-23-24-16-22(44-33(41)37-14-10-21(11-15-37)36-12-6-5-7-13-36)8-9-28(24)35-31-25(23)19-38-29(31)17-27-26(32(38)40)20-43-30(39)18-34(27,42)4-2/h8-9,16-17,21,42H,3-7,10-15,18-20H2,1-2H3/t34-/m1/s1. The zero-order valence-electron chi connectivity index (χ0n) is 25.6. The fourth-order valence-electron chi connectivity index (χ4n) is 7.67. The molecule has 0 radical (unpaired) electrons. The summed E-state index contributed by atoms with van der Waals surface area (Å²) >= 11 is 0. The molecule has 2 saturated heterocycles. The fraction of sp³-hybridized carbons (Fsp3) is 0.529. The Morgan fingerprint density at radius 1 is 1.07 bits per heavy atom. The number of cyclic esters (lactones) is 1. The number of nitrogens with zero attached hydrogens (tertiary/aromatic N) is 4. The molecule has 4 aliphatic heterocycles. The van der Waals surface area contributed by atoms with E-state index in [4.69, 9.17) is 14.5 Å². The van der Waals surface area contributed by atoms with Gasteiger partial charge in [0.25, 0.3) is 5.56 Å². The summed E-state index contributed by atoms with van der Waals surface area (Å²) in [6, 6.07) is 7.89. The highest BCUT2D eigenvalue weighted by molar-refractivity contribution is 5.89. The number of pyridine rings is 2. The summed E-state index contributed by atoms with van der Waals surface area (Å²) in [6.07, 6.45) is 6.26. The first-order chi connectivity index (χ1) is 21.3. The lowest BCUT2D eigenvalue weighted by Crippen LogP contribution is -2.48. The summed E-state index contributed by atoms with van der Waals surface area (Å²) in [5, 5.41) is 12.3. The van der Waals surface area contributed by atoms with Crippen LogP contribution in [0.3, 0.4) is 0 Å². The van der Waals surface area contributed by atoms with E-state index in [0.29, 0.717) is 60.4 Å². The van der Waals surface area contributed by atoms with Gasteiger partial charge in [-0.25, -0.2) is 9.78 Å². The van der Waals surface area contributed by atoms with E-state index in [1.54, 1.807) is 17.6 Å². The summed E-state index contributed by atoms with van der Waals surface area (Å²) in [6.45, 7) is 7.77. The molecule has 0 spiro atoms. The van der Waals surface area contributed by atoms with E-state index in [0.717, 1.165) is 34.9 Å². The summed E-state index contributed by atoms with van der Waals surface area (Å²) in [4.78, 5) is 48.5. The van der Waals surface area contributed by atoms with Gasteiger partial charge in [0.1, 0.15) is 18.0 Å². The number of aromatic nitrogens is 2. The van der Waals surface area contributed by atoms with E-state index < -0.39 is 11.6 Å². The van der Waals surface area contributed by atoms with Crippen molar-refractivity contribution in [3.63, 3.8) is 0 Å². The van der Waals surface area contributed by atoms with Crippen molar-refractivity contribution in [3.05, 3.63) is 56.9 Å². The molecule has 10 nitrogen and oxygen atoms in total. The Balaban J connectivity index is 1.17. The monoisotopic (exact) mass is 600 g/mol. The van der Waals surface area contributed by atoms with E-state index >= 15 is 0 Å². The SMILES string of the molecule is CCc1c2c(nc3ccc(OC(=O)N4CCC(N5CCCCC5)CC4)cc13)-c1cc3c(c(=O)n1C2)COC(=O)C[C@]3(O)CC. The molecule has 4 aliphatic rings. The molecule has 1 aromatic carbocycles. The van der Waals surface area contributed by atoms with Crippen molar-refractivity contribution >= 4 is 23.0 Å². The predicted molar refractivity (Wildman–Crippen MR) is 165 cm³/mol. The number of hydrogen-bond acceptors (Lipinski definition) is 8. The van der Waals surface area contributed by atoms with Crippen LogP contribution < -0.4 is 10.3 Å². The highest BCUT2D eigenvalue weighted by Gasteiger charge is 2.40. The molecule has 1 N–H and O–H groups in total. The second-order valence-corrected chi connectivity index (χ2v) is 12.7. The number of piperidine rings is 2. The molecule has 0 aliphatic carbocycles. The minimum Gasteiger partial charge on any atom is -0.460 e. The summed E-state index contributed by atoms with van der Waals surface area (Å²) < 4.78 is 12.9. The number of hydrogen-bond donors (Lipinski definition) is 1. The minimum absolute atomic E-state index is 0.160. The molecule has 0 bridgehead atoms. The van der Waals surface area contributed by atoms with Gasteiger partial charge in [0, 0.05) is 30.1 Å². The highest BCUT2D eigenvalue weighted by atomic mass is 16.6. The molecule has 0 unspecified atom stereocenters. The van der Waals surface area contributed by atoms with Crippen LogP contribution in [0.2, 0.25) is 0 Å². The topological polar surface area (TPSA) is 114 Å². The van der Waals surface area contributed by atoms with Crippen molar-refractivity contribution in [3.8, 4) is 17.1 Å². The number of carbonyl (C=O) groups is 2. The van der Waals surface area contributed by atoms with Gasteiger partial charge in [-0.05, 0) is 87.0 Å². The first-order valence-electron chi connectivity index (χ1n) is 16.1. The number of aliphatic hydroxyl groups is 1. The van der Waals surface area contributed by atoms with Crippen molar-refractivity contribution in [2.75, 3.05) is 26.2 Å². The third-order valence-electron chi connectivity index (χ3n) is 10.2. The van der Waals surface area contributed by atoms with Gasteiger partial charge in [-0.15, -0.1) is 0 Å². The van der Waals surface area contributed by atoms with Gasteiger partial charge in [-0.2, -0.15) is 0 Å². The quantitative estimate of drug-likeness (QED) is 0.341. The van der Waals surface area contributed by atoms with Crippen LogP contribution in [0.25, 0.3) is 22.3 Å². The van der Waals surface area contributed by atoms with Crippen LogP contribution in [0.15, 0.2) is 29.1 Å². The lowest BCUT2D eigenvalue weighted by Gasteiger charge is -2.39. The van der Waals surface area contributed by atoms with Crippen LogP contribution in [-0.2, 0) is 34.7 Å². The number of fused-ring (bicyclic) bond motifs is 5. The largest absolute Gasteiger partial charge is 0.460 e. The van der Waals surface area contributed by atoms with Crippen molar-refractivity contribution in [1.29, 1.82) is 0 Å². The molecule has 6 heterocycles. The van der Waals surface area contributed by atoms with Gasteiger partial charge < -0.3 is 28.9 Å². The number of likely N-dealkylation sites (tertiary alicyclic amines) is 2. The maximum Gasteiger partial charge on any atom is 0.415 e. The summed E-state index contributed by atoms with van der Waals surface area (Å²) in [5.74, 6) is -0.0438. The van der Waals surface area contributed by atoms with Crippen LogP contribution in [0.4, 0.5) is 4.79 Å². The zero-order valence-corrected chi connectivity index (χ0v) is 25.6. The molecule has 44 heavy (non-hydrogen) atoms. The maximum absolute atomic E-state index is 13.7. The third kappa shape index (κ3) is 4.88. The zero-order chi connectivity index (χ0) is 30.6. The predicted octanol–water partition coefficient (Wildman–Crippen LogP) is 4.48.